The maximum Gasteiger partial charge on any atom is 0.355 e. The van der Waals surface area contributed by atoms with E-state index in [0.717, 1.165) is 16.7 Å². The molecule has 10 nitrogen and oxygen atoms in total. The molecule has 1 atom stereocenters. The number of pyridine rings is 1. The molecule has 3 N–H and O–H groups in total. The van der Waals surface area contributed by atoms with Crippen molar-refractivity contribution in [3.8, 4) is 17.0 Å². The molecule has 1 aliphatic rings. The Morgan fingerprint density at radius 2 is 2.02 bits per heavy atom. The number of amides is 1. The fourth-order valence-corrected chi connectivity index (χ4v) is 4.80. The molecule has 1 aromatic carbocycles. The molecule has 1 fully saturated rings. The fourth-order valence-electron chi connectivity index (χ4n) is 4.80. The zero-order valence-corrected chi connectivity index (χ0v) is 23.7. The van der Waals surface area contributed by atoms with Crippen LogP contribution in [0.3, 0.4) is 0 Å². The summed E-state index contributed by atoms with van der Waals surface area (Å²) < 4.78 is 31.6. The molecule has 1 aliphatic heterocycles. The summed E-state index contributed by atoms with van der Waals surface area (Å²) in [5.41, 5.74) is 5.13. The van der Waals surface area contributed by atoms with Crippen LogP contribution in [0.5, 0.6) is 5.75 Å². The van der Waals surface area contributed by atoms with E-state index in [1.807, 2.05) is 18.7 Å². The molecule has 2 aromatic heterocycles. The molecule has 220 valence electrons. The Morgan fingerprint density at radius 3 is 2.67 bits per heavy atom. The third kappa shape index (κ3) is 6.22. The second-order valence-corrected chi connectivity index (χ2v) is 10.0. The maximum absolute atomic E-state index is 15.7. The lowest BCUT2D eigenvalue weighted by Crippen LogP contribution is -2.54. The number of nitrogens with zero attached hydrogens (tertiary/aromatic N) is 6. The van der Waals surface area contributed by atoms with E-state index in [0.29, 0.717) is 43.9 Å². The van der Waals surface area contributed by atoms with Crippen LogP contribution < -0.4 is 16.3 Å². The molecule has 0 saturated carbocycles. The number of nitrogens with two attached hydrogens (primary N) is 1. The quantitative estimate of drug-likeness (QED) is 0.303. The predicted molar refractivity (Wildman–Crippen MR) is 160 cm³/mol. The molecule has 1 saturated heterocycles. The number of halogens is 2. The van der Waals surface area contributed by atoms with Crippen molar-refractivity contribution in [2.45, 2.75) is 39.7 Å². The van der Waals surface area contributed by atoms with Crippen molar-refractivity contribution in [2.75, 3.05) is 24.5 Å². The van der Waals surface area contributed by atoms with E-state index in [1.54, 1.807) is 17.9 Å². The summed E-state index contributed by atoms with van der Waals surface area (Å²) in [6.45, 7) is 10.0. The van der Waals surface area contributed by atoms with Gasteiger partial charge in [0.15, 0.2) is 11.5 Å². The highest BCUT2D eigenvalue weighted by molar-refractivity contribution is 5.91. The van der Waals surface area contributed by atoms with E-state index in [-0.39, 0.29) is 28.8 Å². The van der Waals surface area contributed by atoms with Crippen LogP contribution in [0.2, 0.25) is 0 Å². The molecule has 3 heterocycles. The number of piperazine rings is 1. The van der Waals surface area contributed by atoms with Crippen molar-refractivity contribution < 1.29 is 18.7 Å². The van der Waals surface area contributed by atoms with Crippen molar-refractivity contribution in [1.82, 2.24) is 19.4 Å². The summed E-state index contributed by atoms with van der Waals surface area (Å²) in [5, 5.41) is 10.6. The third-order valence-electron chi connectivity index (χ3n) is 6.81. The highest BCUT2D eigenvalue weighted by atomic mass is 19.1. The van der Waals surface area contributed by atoms with Crippen LogP contribution in [0.15, 0.2) is 64.2 Å². The number of allylic oxidation sites excluding steroid dienone is 3. The van der Waals surface area contributed by atoms with Crippen LogP contribution in [0.4, 0.5) is 14.6 Å². The van der Waals surface area contributed by atoms with E-state index < -0.39 is 34.3 Å². The molecular formula is C30H33F2N7O3. The van der Waals surface area contributed by atoms with Gasteiger partial charge in [0, 0.05) is 43.8 Å². The minimum absolute atomic E-state index is 0.00444. The molecular weight excluding hydrogens is 544 g/mol. The lowest BCUT2D eigenvalue weighted by Gasteiger charge is -2.40. The van der Waals surface area contributed by atoms with E-state index in [9.17, 15) is 19.1 Å². The Balaban J connectivity index is 1.98. The van der Waals surface area contributed by atoms with E-state index in [2.05, 4.69) is 21.5 Å². The lowest BCUT2D eigenvalue weighted by molar-refractivity contribution is -0.126. The molecule has 0 aliphatic carbocycles. The molecule has 3 aromatic rings. The number of aliphatic imine (C=N–C) groups is 1. The number of anilines is 1. The standard InChI is InChI=1S/C30H33F2N7O3/c1-5-8-20(34-12-11-18(3)33)17-39-28-21(15-23(32)27(35-28)26-22(31)9-7-10-24(26)40)29(36-30(39)42)38-14-13-37(16-19(38)4)25(41)6-2/h6-7,9-12,15,17,19,40H,2,5,8,13-14,16,33H2,1,3-4H3/b18-11-,20-17+,34-12+/t19-/m0/s1. The Kier molecular flexibility index (Phi) is 9.14. The average Bonchev–Trinajstić information content (AvgIpc) is 2.94. The first-order chi connectivity index (χ1) is 20.0. The number of carbonyl (C=O) groups is 1. The molecule has 4 rings (SSSR count). The van der Waals surface area contributed by atoms with Gasteiger partial charge in [0.25, 0.3) is 0 Å². The zero-order valence-electron chi connectivity index (χ0n) is 23.7. The summed E-state index contributed by atoms with van der Waals surface area (Å²) in [5.74, 6) is -2.34. The first-order valence-electron chi connectivity index (χ1n) is 13.5. The second-order valence-electron chi connectivity index (χ2n) is 10.0. The monoisotopic (exact) mass is 577 g/mol. The molecule has 0 spiro atoms. The molecule has 0 unspecified atom stereocenters. The van der Waals surface area contributed by atoms with Gasteiger partial charge >= 0.3 is 5.69 Å². The number of benzene rings is 1. The van der Waals surface area contributed by atoms with Crippen molar-refractivity contribution in [2.24, 2.45) is 10.7 Å². The maximum atomic E-state index is 15.7. The van der Waals surface area contributed by atoms with Gasteiger partial charge in [0.1, 0.15) is 23.1 Å². The minimum atomic E-state index is -0.913. The van der Waals surface area contributed by atoms with Crippen LogP contribution in [-0.2, 0) is 4.79 Å². The predicted octanol–water partition coefficient (Wildman–Crippen LogP) is 4.20. The van der Waals surface area contributed by atoms with Gasteiger partial charge in [0.05, 0.1) is 16.6 Å². The number of hydrogen-bond donors (Lipinski definition) is 2. The summed E-state index contributed by atoms with van der Waals surface area (Å²) in [6, 6.07) is 4.44. The van der Waals surface area contributed by atoms with Crippen LogP contribution >= 0.6 is 0 Å². The van der Waals surface area contributed by atoms with Crippen LogP contribution in [0.1, 0.15) is 33.6 Å². The van der Waals surface area contributed by atoms with Gasteiger partial charge in [-0.1, -0.05) is 26.0 Å². The first-order valence-corrected chi connectivity index (χ1v) is 13.5. The van der Waals surface area contributed by atoms with E-state index in [1.165, 1.54) is 30.6 Å². The first kappa shape index (κ1) is 30.1. The Hall–Kier alpha value is -4.87. The highest BCUT2D eigenvalue weighted by Crippen LogP contribution is 2.35. The van der Waals surface area contributed by atoms with Crippen molar-refractivity contribution in [1.29, 1.82) is 0 Å². The number of aromatic nitrogens is 3. The van der Waals surface area contributed by atoms with Crippen molar-refractivity contribution in [3.05, 3.63) is 76.5 Å². The van der Waals surface area contributed by atoms with Gasteiger partial charge in [-0.05, 0) is 50.6 Å². The molecule has 0 bridgehead atoms. The smallest absolute Gasteiger partial charge is 0.355 e. The Bertz CT molecular complexity index is 1660. The van der Waals surface area contributed by atoms with Crippen molar-refractivity contribution >= 4 is 35.2 Å². The largest absolute Gasteiger partial charge is 0.507 e. The third-order valence-corrected chi connectivity index (χ3v) is 6.81. The van der Waals surface area contributed by atoms with Gasteiger partial charge in [-0.25, -0.2) is 23.1 Å². The van der Waals surface area contributed by atoms with Gasteiger partial charge in [-0.2, -0.15) is 4.98 Å². The summed E-state index contributed by atoms with van der Waals surface area (Å²) >= 11 is 0. The number of phenols is 1. The number of hydrogen-bond acceptors (Lipinski definition) is 8. The Morgan fingerprint density at radius 1 is 1.26 bits per heavy atom. The van der Waals surface area contributed by atoms with Crippen LogP contribution in [0.25, 0.3) is 28.5 Å². The second kappa shape index (κ2) is 12.8. The van der Waals surface area contributed by atoms with Gasteiger partial charge in [-0.15, -0.1) is 0 Å². The summed E-state index contributed by atoms with van der Waals surface area (Å²) in [6.07, 6.45) is 7.01. The SMILES string of the molecule is C=CC(=O)N1CCN(c2nc(=O)n(/C=C(CCC)/N=C/C=C(/C)N)c3nc(-c4c(O)cccc4F)c(F)cc23)[C@@H](C)C1. The minimum Gasteiger partial charge on any atom is -0.507 e. The fraction of sp³-hybridized carbons (Fsp3) is 0.300. The number of phenolic OH excluding ortho intramolecular Hbond substituents is 1. The van der Waals surface area contributed by atoms with Gasteiger partial charge in [-0.3, -0.25) is 9.79 Å². The number of rotatable bonds is 8. The van der Waals surface area contributed by atoms with Crippen LogP contribution in [-0.4, -0.2) is 62.3 Å². The summed E-state index contributed by atoms with van der Waals surface area (Å²) in [4.78, 5) is 42.3. The highest BCUT2D eigenvalue weighted by Gasteiger charge is 2.30. The molecule has 42 heavy (non-hydrogen) atoms. The lowest BCUT2D eigenvalue weighted by atomic mass is 10.1. The number of fused-ring (bicyclic) bond motifs is 1. The number of aromatic hydroxyl groups is 1. The van der Waals surface area contributed by atoms with Crippen LogP contribution in [0, 0.1) is 11.6 Å². The molecule has 1 amide bonds. The summed E-state index contributed by atoms with van der Waals surface area (Å²) in [7, 11) is 0. The molecule has 12 heteroatoms. The normalized spacial score (nSPS) is 16.5. The zero-order chi connectivity index (χ0) is 30.6. The average molecular weight is 578 g/mol. The Labute approximate surface area is 241 Å². The number of carbonyl (C=O) groups excluding carboxylic acids is 1. The molecule has 0 radical (unpaired) electrons. The van der Waals surface area contributed by atoms with E-state index >= 15 is 4.39 Å². The van der Waals surface area contributed by atoms with E-state index in [4.69, 9.17) is 5.73 Å². The van der Waals surface area contributed by atoms with Crippen molar-refractivity contribution in [3.63, 3.8) is 0 Å². The van der Waals surface area contributed by atoms with Gasteiger partial charge in [0.2, 0.25) is 5.91 Å². The topological polar surface area (TPSA) is 130 Å². The van der Waals surface area contributed by atoms with Gasteiger partial charge < -0.3 is 20.6 Å².